The predicted octanol–water partition coefficient (Wildman–Crippen LogP) is 2.75. The zero-order valence-electron chi connectivity index (χ0n) is 13.5. The van der Waals surface area contributed by atoms with E-state index < -0.39 is 5.41 Å². The first-order valence-corrected chi connectivity index (χ1v) is 7.82. The molecule has 2 amide bonds. The first kappa shape index (κ1) is 16.3. The van der Waals surface area contributed by atoms with Gasteiger partial charge in [-0.2, -0.15) is 0 Å². The number of hydrogen-bond acceptors (Lipinski definition) is 3. The number of benzene rings is 1. The Balaban J connectivity index is 2.05. The third-order valence-electron chi connectivity index (χ3n) is 3.68. The second-order valence-corrected chi connectivity index (χ2v) is 6.77. The van der Waals surface area contributed by atoms with Crippen molar-refractivity contribution in [2.45, 2.75) is 46.1 Å². The van der Waals surface area contributed by atoms with E-state index in [4.69, 9.17) is 0 Å². The third-order valence-corrected chi connectivity index (χ3v) is 3.68. The summed E-state index contributed by atoms with van der Waals surface area (Å²) >= 11 is 0. The van der Waals surface area contributed by atoms with Crippen molar-refractivity contribution in [3.63, 3.8) is 0 Å². The fraction of sp³-hybridized carbons (Fsp3) is 0.529. The first-order valence-electron chi connectivity index (χ1n) is 7.82. The lowest BCUT2D eigenvalue weighted by molar-refractivity contribution is -0.123. The maximum atomic E-state index is 12.0. The largest absolute Gasteiger partial charge is 0.374 e. The summed E-state index contributed by atoms with van der Waals surface area (Å²) < 4.78 is 0. The molecule has 1 aromatic carbocycles. The zero-order valence-corrected chi connectivity index (χ0v) is 13.5. The quantitative estimate of drug-likeness (QED) is 0.804. The molecule has 1 atom stereocenters. The molecule has 22 heavy (non-hydrogen) atoms. The smallest absolute Gasteiger partial charge is 0.242 e. The first-order chi connectivity index (χ1) is 10.4. The van der Waals surface area contributed by atoms with Gasteiger partial charge in [-0.15, -0.1) is 0 Å². The normalized spacial score (nSPS) is 19.0. The van der Waals surface area contributed by atoms with E-state index in [1.165, 1.54) is 0 Å². The molecule has 3 N–H and O–H groups in total. The van der Waals surface area contributed by atoms with Gasteiger partial charge in [0.25, 0.3) is 0 Å². The molecular weight excluding hydrogens is 278 g/mol. The summed E-state index contributed by atoms with van der Waals surface area (Å²) in [7, 11) is 0. The number of carbonyl (C=O) groups excluding carboxylic acids is 2. The van der Waals surface area contributed by atoms with Crippen molar-refractivity contribution in [2.24, 2.45) is 5.41 Å². The van der Waals surface area contributed by atoms with Crippen LogP contribution in [0.15, 0.2) is 24.3 Å². The summed E-state index contributed by atoms with van der Waals surface area (Å²) in [6.07, 6.45) is 2.87. The molecule has 1 aliphatic rings. The van der Waals surface area contributed by atoms with Crippen molar-refractivity contribution < 1.29 is 9.59 Å². The second-order valence-electron chi connectivity index (χ2n) is 6.77. The van der Waals surface area contributed by atoms with Crippen molar-refractivity contribution in [1.82, 2.24) is 5.32 Å². The highest BCUT2D eigenvalue weighted by atomic mass is 16.2. The van der Waals surface area contributed by atoms with Gasteiger partial charge in [0, 0.05) is 23.3 Å². The average Bonchev–Trinajstić information content (AvgIpc) is 2.64. The van der Waals surface area contributed by atoms with Crippen LogP contribution in [-0.4, -0.2) is 24.4 Å². The van der Waals surface area contributed by atoms with E-state index in [1.54, 1.807) is 0 Å². The van der Waals surface area contributed by atoms with Crippen molar-refractivity contribution >= 4 is 23.2 Å². The maximum Gasteiger partial charge on any atom is 0.242 e. The molecule has 0 aromatic heterocycles. The van der Waals surface area contributed by atoms with E-state index in [0.717, 1.165) is 37.2 Å². The molecule has 1 fully saturated rings. The van der Waals surface area contributed by atoms with Crippen LogP contribution >= 0.6 is 0 Å². The number of carbonyl (C=O) groups is 2. The molecule has 5 nitrogen and oxygen atoms in total. The number of nitrogens with one attached hydrogen (secondary N) is 3. The van der Waals surface area contributed by atoms with Crippen LogP contribution < -0.4 is 16.0 Å². The molecule has 5 heteroatoms. The Bertz CT molecular complexity index is 549. The van der Waals surface area contributed by atoms with Crippen LogP contribution in [0.1, 0.15) is 40.0 Å². The minimum Gasteiger partial charge on any atom is -0.374 e. The van der Waals surface area contributed by atoms with Crippen LogP contribution in [0.2, 0.25) is 0 Å². The average molecular weight is 303 g/mol. The summed E-state index contributed by atoms with van der Waals surface area (Å²) in [6, 6.07) is 7.28. The lowest BCUT2D eigenvalue weighted by Gasteiger charge is -2.19. The molecule has 1 heterocycles. The molecule has 120 valence electrons. The molecular formula is C17H25N3O2. The molecule has 0 saturated carbocycles. The molecule has 1 saturated heterocycles. The van der Waals surface area contributed by atoms with Crippen LogP contribution in [-0.2, 0) is 9.59 Å². The van der Waals surface area contributed by atoms with Crippen LogP contribution in [0.4, 0.5) is 11.4 Å². The molecule has 0 unspecified atom stereocenters. The summed E-state index contributed by atoms with van der Waals surface area (Å²) in [5, 5.41) is 9.07. The summed E-state index contributed by atoms with van der Waals surface area (Å²) in [6.45, 7) is 6.37. The molecule has 2 rings (SSSR count). The number of anilines is 2. The highest BCUT2D eigenvalue weighted by Gasteiger charge is 2.22. The van der Waals surface area contributed by atoms with Gasteiger partial charge < -0.3 is 16.0 Å². The second kappa shape index (κ2) is 6.81. The fourth-order valence-electron chi connectivity index (χ4n) is 2.28. The van der Waals surface area contributed by atoms with E-state index >= 15 is 0 Å². The van der Waals surface area contributed by atoms with Crippen LogP contribution in [0.5, 0.6) is 0 Å². The van der Waals surface area contributed by atoms with E-state index in [9.17, 15) is 9.59 Å². The molecule has 0 bridgehead atoms. The van der Waals surface area contributed by atoms with E-state index in [0.29, 0.717) is 0 Å². The van der Waals surface area contributed by atoms with Crippen LogP contribution in [0.25, 0.3) is 0 Å². The van der Waals surface area contributed by atoms with Crippen molar-refractivity contribution in [2.75, 3.05) is 17.2 Å². The van der Waals surface area contributed by atoms with Crippen molar-refractivity contribution in [3.8, 4) is 0 Å². The van der Waals surface area contributed by atoms with Gasteiger partial charge in [0.15, 0.2) is 0 Å². The van der Waals surface area contributed by atoms with Crippen LogP contribution in [0.3, 0.4) is 0 Å². The summed E-state index contributed by atoms with van der Waals surface area (Å²) in [5.74, 6) is 0.0125. The van der Waals surface area contributed by atoms with Gasteiger partial charge >= 0.3 is 0 Å². The highest BCUT2D eigenvalue weighted by Crippen LogP contribution is 2.21. The standard InChI is InChI=1S/C17H25N3O2/c1-17(2,3)16(22)20-13-8-6-7-12(11-13)19-14-9-4-5-10-18-15(14)21/h6-8,11,14,19H,4-5,9-10H2,1-3H3,(H,18,21)(H,20,22)/t14-/m1/s1. The minimum atomic E-state index is -0.440. The lowest BCUT2D eigenvalue weighted by atomic mass is 9.95. The monoisotopic (exact) mass is 303 g/mol. The van der Waals surface area contributed by atoms with E-state index in [-0.39, 0.29) is 17.9 Å². The Hall–Kier alpha value is -2.04. The number of amides is 2. The predicted molar refractivity (Wildman–Crippen MR) is 88.8 cm³/mol. The van der Waals surface area contributed by atoms with Gasteiger partial charge in [0.1, 0.15) is 6.04 Å². The summed E-state index contributed by atoms with van der Waals surface area (Å²) in [4.78, 5) is 24.0. The van der Waals surface area contributed by atoms with Crippen LogP contribution in [0, 0.1) is 5.41 Å². The van der Waals surface area contributed by atoms with Gasteiger partial charge in [-0.3, -0.25) is 9.59 Å². The highest BCUT2D eigenvalue weighted by molar-refractivity contribution is 5.95. The summed E-state index contributed by atoms with van der Waals surface area (Å²) in [5.41, 5.74) is 1.14. The van der Waals surface area contributed by atoms with E-state index in [2.05, 4.69) is 16.0 Å². The molecule has 1 aromatic rings. The topological polar surface area (TPSA) is 70.2 Å². The third kappa shape index (κ3) is 4.48. The fourth-order valence-corrected chi connectivity index (χ4v) is 2.28. The Morgan fingerprint density at radius 1 is 1.23 bits per heavy atom. The molecule has 0 spiro atoms. The SMILES string of the molecule is CC(C)(C)C(=O)Nc1cccc(N[C@@H]2CCCCNC2=O)c1. The Morgan fingerprint density at radius 2 is 1.95 bits per heavy atom. The van der Waals surface area contributed by atoms with Gasteiger partial charge in [-0.05, 0) is 37.5 Å². The molecule has 0 radical (unpaired) electrons. The van der Waals surface area contributed by atoms with Gasteiger partial charge in [-0.25, -0.2) is 0 Å². The van der Waals surface area contributed by atoms with Gasteiger partial charge in [0.05, 0.1) is 0 Å². The van der Waals surface area contributed by atoms with E-state index in [1.807, 2.05) is 45.0 Å². The Morgan fingerprint density at radius 3 is 2.68 bits per heavy atom. The Labute approximate surface area is 131 Å². The Kier molecular flexibility index (Phi) is 5.06. The molecule has 0 aliphatic carbocycles. The number of hydrogen-bond donors (Lipinski definition) is 3. The number of rotatable bonds is 3. The van der Waals surface area contributed by atoms with Gasteiger partial charge in [-0.1, -0.05) is 26.8 Å². The van der Waals surface area contributed by atoms with Crippen molar-refractivity contribution in [3.05, 3.63) is 24.3 Å². The van der Waals surface area contributed by atoms with Crippen molar-refractivity contribution in [1.29, 1.82) is 0 Å². The van der Waals surface area contributed by atoms with Gasteiger partial charge in [0.2, 0.25) is 11.8 Å². The lowest BCUT2D eigenvalue weighted by Crippen LogP contribution is -2.37. The maximum absolute atomic E-state index is 12.0. The zero-order chi connectivity index (χ0) is 16.2. The minimum absolute atomic E-state index is 0.0307. The molecule has 1 aliphatic heterocycles.